The predicted octanol–water partition coefficient (Wildman–Crippen LogP) is 3.26. The molecule has 2 aliphatic rings. The molecule has 2 fully saturated rings. The number of carbonyl (C=O) groups is 1. The van der Waals surface area contributed by atoms with Crippen LogP contribution >= 0.6 is 0 Å². The highest BCUT2D eigenvalue weighted by atomic mass is 16.2. The van der Waals surface area contributed by atoms with Crippen molar-refractivity contribution in [3.8, 4) is 0 Å². The number of amides is 1. The lowest BCUT2D eigenvalue weighted by Crippen LogP contribution is -2.48. The largest absolute Gasteiger partial charge is 0.351 e. The summed E-state index contributed by atoms with van der Waals surface area (Å²) in [6.07, 6.45) is 8.57. The normalized spacial score (nSPS) is 37.7. The molecule has 0 unspecified atom stereocenters. The summed E-state index contributed by atoms with van der Waals surface area (Å²) >= 11 is 0. The van der Waals surface area contributed by atoms with Gasteiger partial charge in [-0.05, 0) is 45.4 Å². The van der Waals surface area contributed by atoms with Gasteiger partial charge in [-0.25, -0.2) is 0 Å². The third-order valence-electron chi connectivity index (χ3n) is 5.04. The quantitative estimate of drug-likeness (QED) is 0.765. The molecule has 0 aromatic carbocycles. The van der Waals surface area contributed by atoms with Crippen LogP contribution in [-0.2, 0) is 4.79 Å². The topological polar surface area (TPSA) is 29.1 Å². The Morgan fingerprint density at radius 2 is 1.94 bits per heavy atom. The Hall–Kier alpha value is -0.530. The van der Waals surface area contributed by atoms with E-state index in [1.807, 2.05) is 0 Å². The first-order chi connectivity index (χ1) is 7.49. The van der Waals surface area contributed by atoms with E-state index < -0.39 is 0 Å². The second-order valence-electron chi connectivity index (χ2n) is 6.36. The zero-order valence-electron chi connectivity index (χ0n) is 10.9. The maximum absolute atomic E-state index is 11.6. The summed E-state index contributed by atoms with van der Waals surface area (Å²) in [5, 5.41) is 3.16. The second-order valence-corrected chi connectivity index (χ2v) is 6.36. The van der Waals surface area contributed by atoms with Gasteiger partial charge < -0.3 is 5.32 Å². The van der Waals surface area contributed by atoms with Crippen molar-refractivity contribution in [2.45, 2.75) is 71.3 Å². The first-order valence-electron chi connectivity index (χ1n) is 6.80. The van der Waals surface area contributed by atoms with Crippen LogP contribution in [0.25, 0.3) is 0 Å². The zero-order chi connectivity index (χ0) is 11.8. The molecule has 1 heterocycles. The molecule has 1 saturated heterocycles. The molecule has 16 heavy (non-hydrogen) atoms. The Morgan fingerprint density at radius 3 is 2.38 bits per heavy atom. The van der Waals surface area contributed by atoms with Crippen LogP contribution in [-0.4, -0.2) is 11.4 Å². The fraction of sp³-hybridized carbons (Fsp3) is 0.929. The predicted molar refractivity (Wildman–Crippen MR) is 66.1 cm³/mol. The van der Waals surface area contributed by atoms with Crippen LogP contribution in [0.3, 0.4) is 0 Å². The summed E-state index contributed by atoms with van der Waals surface area (Å²) in [6.45, 7) is 6.69. The van der Waals surface area contributed by atoms with Gasteiger partial charge >= 0.3 is 0 Å². The van der Waals surface area contributed by atoms with Crippen molar-refractivity contribution in [1.82, 2.24) is 5.32 Å². The van der Waals surface area contributed by atoms with Crippen LogP contribution in [0.5, 0.6) is 0 Å². The lowest BCUT2D eigenvalue weighted by atomic mass is 9.61. The molecular weight excluding hydrogens is 198 g/mol. The minimum Gasteiger partial charge on any atom is -0.351 e. The Kier molecular flexibility index (Phi) is 3.02. The average Bonchev–Trinajstić information content (AvgIpc) is 2.41. The van der Waals surface area contributed by atoms with Crippen LogP contribution in [0.4, 0.5) is 0 Å². The Balaban J connectivity index is 2.04. The molecule has 0 aromatic heterocycles. The van der Waals surface area contributed by atoms with Gasteiger partial charge in [-0.1, -0.05) is 19.8 Å². The molecule has 1 N–H and O–H groups in total. The summed E-state index contributed by atoms with van der Waals surface area (Å²) < 4.78 is 0. The van der Waals surface area contributed by atoms with Gasteiger partial charge in [0.1, 0.15) is 0 Å². The minimum atomic E-state index is 0.0151. The number of nitrogens with one attached hydrogen (secondary N) is 1. The van der Waals surface area contributed by atoms with Gasteiger partial charge in [-0.2, -0.15) is 0 Å². The summed E-state index contributed by atoms with van der Waals surface area (Å²) in [7, 11) is 0. The van der Waals surface area contributed by atoms with E-state index in [2.05, 4.69) is 26.1 Å². The maximum atomic E-state index is 11.6. The Morgan fingerprint density at radius 1 is 1.31 bits per heavy atom. The SMILES string of the molecule is CCCC1CCC2(CC1)CC(=O)NC2(C)C. The minimum absolute atomic E-state index is 0.0151. The van der Waals surface area contributed by atoms with Crippen molar-refractivity contribution in [3.63, 3.8) is 0 Å². The van der Waals surface area contributed by atoms with Crippen LogP contribution in [0, 0.1) is 11.3 Å². The standard InChI is InChI=1S/C14H25NO/c1-4-5-11-6-8-14(9-7-11)10-12(16)15-13(14,2)3/h11H,4-10H2,1-3H3,(H,15,16). The smallest absolute Gasteiger partial charge is 0.221 e. The molecule has 1 aliphatic carbocycles. The van der Waals surface area contributed by atoms with Gasteiger partial charge in [0.05, 0.1) is 0 Å². The first kappa shape index (κ1) is 11.9. The molecule has 0 aromatic rings. The van der Waals surface area contributed by atoms with Gasteiger partial charge in [-0.3, -0.25) is 4.79 Å². The summed E-state index contributed by atoms with van der Waals surface area (Å²) in [6, 6.07) is 0. The number of carbonyl (C=O) groups excluding carboxylic acids is 1. The third-order valence-corrected chi connectivity index (χ3v) is 5.04. The molecular formula is C14H25NO. The lowest BCUT2D eigenvalue weighted by molar-refractivity contribution is -0.120. The van der Waals surface area contributed by atoms with E-state index in [9.17, 15) is 4.79 Å². The van der Waals surface area contributed by atoms with Crippen LogP contribution < -0.4 is 5.32 Å². The van der Waals surface area contributed by atoms with Gasteiger partial charge in [-0.15, -0.1) is 0 Å². The number of hydrogen-bond donors (Lipinski definition) is 1. The molecule has 1 saturated carbocycles. The molecule has 0 radical (unpaired) electrons. The van der Waals surface area contributed by atoms with Crippen LogP contribution in [0.2, 0.25) is 0 Å². The molecule has 1 amide bonds. The molecule has 1 spiro atoms. The molecule has 0 atom stereocenters. The summed E-state index contributed by atoms with van der Waals surface area (Å²) in [4.78, 5) is 11.6. The van der Waals surface area contributed by atoms with Gasteiger partial charge in [0.2, 0.25) is 5.91 Å². The molecule has 92 valence electrons. The fourth-order valence-electron chi connectivity index (χ4n) is 3.78. The second kappa shape index (κ2) is 4.05. The van der Waals surface area contributed by atoms with Crippen LogP contribution in [0.15, 0.2) is 0 Å². The highest BCUT2D eigenvalue weighted by molar-refractivity contribution is 5.80. The Bertz CT molecular complexity index is 274. The monoisotopic (exact) mass is 223 g/mol. The average molecular weight is 223 g/mol. The molecule has 2 rings (SSSR count). The molecule has 2 nitrogen and oxygen atoms in total. The van der Waals surface area contributed by atoms with E-state index >= 15 is 0 Å². The van der Waals surface area contributed by atoms with Gasteiger partial charge in [0.15, 0.2) is 0 Å². The van der Waals surface area contributed by atoms with Crippen LogP contribution in [0.1, 0.15) is 65.7 Å². The van der Waals surface area contributed by atoms with Crippen molar-refractivity contribution in [2.24, 2.45) is 11.3 Å². The number of rotatable bonds is 2. The van der Waals surface area contributed by atoms with Gasteiger partial charge in [0, 0.05) is 17.4 Å². The molecule has 0 bridgehead atoms. The van der Waals surface area contributed by atoms with Crippen molar-refractivity contribution < 1.29 is 4.79 Å². The van der Waals surface area contributed by atoms with E-state index in [4.69, 9.17) is 0 Å². The Labute approximate surface area is 99.2 Å². The van der Waals surface area contributed by atoms with Crippen molar-refractivity contribution in [1.29, 1.82) is 0 Å². The third kappa shape index (κ3) is 1.87. The molecule has 2 heteroatoms. The lowest BCUT2D eigenvalue weighted by Gasteiger charge is -2.45. The van der Waals surface area contributed by atoms with Crippen molar-refractivity contribution in [3.05, 3.63) is 0 Å². The first-order valence-corrected chi connectivity index (χ1v) is 6.80. The summed E-state index contributed by atoms with van der Waals surface area (Å²) in [5.41, 5.74) is 0.273. The van der Waals surface area contributed by atoms with E-state index in [0.717, 1.165) is 12.3 Å². The molecule has 1 aliphatic heterocycles. The highest BCUT2D eigenvalue weighted by Crippen LogP contribution is 2.52. The fourth-order valence-corrected chi connectivity index (χ4v) is 3.78. The summed E-state index contributed by atoms with van der Waals surface area (Å²) in [5.74, 6) is 1.18. The van der Waals surface area contributed by atoms with E-state index in [1.165, 1.54) is 38.5 Å². The highest BCUT2D eigenvalue weighted by Gasteiger charge is 2.53. The van der Waals surface area contributed by atoms with E-state index in [1.54, 1.807) is 0 Å². The van der Waals surface area contributed by atoms with Crippen molar-refractivity contribution in [2.75, 3.05) is 0 Å². The maximum Gasteiger partial charge on any atom is 0.221 e. The zero-order valence-corrected chi connectivity index (χ0v) is 10.9. The van der Waals surface area contributed by atoms with Crippen molar-refractivity contribution >= 4 is 5.91 Å². The number of hydrogen-bond acceptors (Lipinski definition) is 1. The van der Waals surface area contributed by atoms with E-state index in [-0.39, 0.29) is 16.9 Å². The van der Waals surface area contributed by atoms with E-state index in [0.29, 0.717) is 0 Å². The van der Waals surface area contributed by atoms with Gasteiger partial charge in [0.25, 0.3) is 0 Å².